The third kappa shape index (κ3) is 1.92. The van der Waals surface area contributed by atoms with Crippen molar-refractivity contribution in [2.45, 2.75) is 13.3 Å². The Kier molecular flexibility index (Phi) is 3.11. The van der Waals surface area contributed by atoms with E-state index in [1.807, 2.05) is 43.3 Å². The monoisotopic (exact) mass is 267 g/mol. The lowest BCUT2D eigenvalue weighted by Gasteiger charge is -2.13. The first-order chi connectivity index (χ1) is 9.72. The van der Waals surface area contributed by atoms with E-state index < -0.39 is 5.82 Å². The predicted octanol–water partition coefficient (Wildman–Crippen LogP) is 3.69. The van der Waals surface area contributed by atoms with Crippen LogP contribution in [0.25, 0.3) is 16.5 Å². The molecular weight excluding hydrogens is 253 g/mol. The molecule has 2 nitrogen and oxygen atoms in total. The SMILES string of the molecule is CCc1cc2cccc(F)c2c(=O)n1-c1ccccc1. The number of nitrogens with zero attached hydrogens (tertiary/aromatic N) is 1. The third-order valence-corrected chi connectivity index (χ3v) is 3.45. The van der Waals surface area contributed by atoms with Crippen molar-refractivity contribution in [1.82, 2.24) is 4.57 Å². The lowest BCUT2D eigenvalue weighted by atomic mass is 10.1. The molecule has 0 radical (unpaired) electrons. The van der Waals surface area contributed by atoms with E-state index in [1.165, 1.54) is 6.07 Å². The normalized spacial score (nSPS) is 10.9. The lowest BCUT2D eigenvalue weighted by molar-refractivity contribution is 0.637. The fourth-order valence-corrected chi connectivity index (χ4v) is 2.49. The van der Waals surface area contributed by atoms with E-state index in [-0.39, 0.29) is 10.9 Å². The van der Waals surface area contributed by atoms with Gasteiger partial charge in [-0.05, 0) is 36.1 Å². The molecule has 0 bridgehead atoms. The summed E-state index contributed by atoms with van der Waals surface area (Å²) in [6.07, 6.45) is 0.705. The second-order valence-electron chi connectivity index (χ2n) is 4.67. The van der Waals surface area contributed by atoms with Gasteiger partial charge in [0.1, 0.15) is 5.82 Å². The van der Waals surface area contributed by atoms with Crippen LogP contribution >= 0.6 is 0 Å². The molecule has 1 aromatic heterocycles. The molecule has 0 saturated carbocycles. The molecule has 0 aliphatic heterocycles. The first-order valence-corrected chi connectivity index (χ1v) is 6.61. The van der Waals surface area contributed by atoms with Crippen molar-refractivity contribution in [3.63, 3.8) is 0 Å². The summed E-state index contributed by atoms with van der Waals surface area (Å²) in [4.78, 5) is 12.7. The van der Waals surface area contributed by atoms with Gasteiger partial charge in [0.25, 0.3) is 5.56 Å². The molecule has 0 unspecified atom stereocenters. The van der Waals surface area contributed by atoms with Crippen molar-refractivity contribution < 1.29 is 4.39 Å². The minimum absolute atomic E-state index is 0.147. The fraction of sp³-hybridized carbons (Fsp3) is 0.118. The average Bonchev–Trinajstić information content (AvgIpc) is 2.47. The number of para-hydroxylation sites is 1. The molecule has 0 atom stereocenters. The summed E-state index contributed by atoms with van der Waals surface area (Å²) < 4.78 is 15.6. The van der Waals surface area contributed by atoms with Gasteiger partial charge < -0.3 is 0 Å². The molecule has 3 aromatic rings. The Morgan fingerprint density at radius 1 is 1.05 bits per heavy atom. The Morgan fingerprint density at radius 3 is 2.50 bits per heavy atom. The summed E-state index contributed by atoms with van der Waals surface area (Å²) in [5.41, 5.74) is 1.34. The number of benzene rings is 2. The van der Waals surface area contributed by atoms with Crippen molar-refractivity contribution >= 4 is 10.8 Å². The van der Waals surface area contributed by atoms with Gasteiger partial charge >= 0.3 is 0 Å². The second-order valence-corrected chi connectivity index (χ2v) is 4.67. The standard InChI is InChI=1S/C17H14FNO/c1-2-13-11-12-7-6-10-15(18)16(12)17(20)19(13)14-8-4-3-5-9-14/h3-11H,2H2,1H3. The highest BCUT2D eigenvalue weighted by atomic mass is 19.1. The summed E-state index contributed by atoms with van der Waals surface area (Å²) >= 11 is 0. The quantitative estimate of drug-likeness (QED) is 0.694. The van der Waals surface area contributed by atoms with E-state index in [1.54, 1.807) is 16.7 Å². The zero-order valence-corrected chi connectivity index (χ0v) is 11.1. The maximum atomic E-state index is 14.0. The number of fused-ring (bicyclic) bond motifs is 1. The Balaban J connectivity index is 2.45. The average molecular weight is 267 g/mol. The molecule has 0 aliphatic rings. The van der Waals surface area contributed by atoms with Gasteiger partial charge in [-0.2, -0.15) is 0 Å². The van der Waals surface area contributed by atoms with Gasteiger partial charge in [-0.15, -0.1) is 0 Å². The highest BCUT2D eigenvalue weighted by Gasteiger charge is 2.12. The van der Waals surface area contributed by atoms with Crippen LogP contribution in [-0.2, 0) is 6.42 Å². The number of pyridine rings is 1. The second kappa shape index (κ2) is 4.93. The van der Waals surface area contributed by atoms with E-state index >= 15 is 0 Å². The third-order valence-electron chi connectivity index (χ3n) is 3.45. The molecule has 0 saturated heterocycles. The van der Waals surface area contributed by atoms with E-state index in [0.717, 1.165) is 11.4 Å². The van der Waals surface area contributed by atoms with Crippen LogP contribution in [0.4, 0.5) is 4.39 Å². The van der Waals surface area contributed by atoms with Crippen LogP contribution < -0.4 is 5.56 Å². The van der Waals surface area contributed by atoms with Gasteiger partial charge in [-0.1, -0.05) is 37.3 Å². The molecule has 3 rings (SSSR count). The van der Waals surface area contributed by atoms with Gasteiger partial charge in [-0.25, -0.2) is 4.39 Å². The van der Waals surface area contributed by atoms with Crippen molar-refractivity contribution in [2.75, 3.05) is 0 Å². The van der Waals surface area contributed by atoms with Crippen molar-refractivity contribution in [2.24, 2.45) is 0 Å². The highest BCUT2D eigenvalue weighted by Crippen LogP contribution is 2.18. The first-order valence-electron chi connectivity index (χ1n) is 6.61. The number of halogens is 1. The van der Waals surface area contributed by atoms with Gasteiger partial charge in [0, 0.05) is 11.4 Å². The topological polar surface area (TPSA) is 22.0 Å². The molecule has 0 amide bonds. The van der Waals surface area contributed by atoms with Crippen LogP contribution in [0, 0.1) is 5.82 Å². The van der Waals surface area contributed by atoms with Gasteiger partial charge in [-0.3, -0.25) is 9.36 Å². The van der Waals surface area contributed by atoms with E-state index in [4.69, 9.17) is 0 Å². The summed E-state index contributed by atoms with van der Waals surface area (Å²) in [6.45, 7) is 1.99. The Bertz CT molecular complexity index is 822. The molecule has 0 N–H and O–H groups in total. The summed E-state index contributed by atoms with van der Waals surface area (Å²) in [7, 11) is 0. The minimum Gasteiger partial charge on any atom is -0.281 e. The zero-order chi connectivity index (χ0) is 14.1. The minimum atomic E-state index is -0.472. The van der Waals surface area contributed by atoms with Gasteiger partial charge in [0.05, 0.1) is 5.39 Å². The van der Waals surface area contributed by atoms with Gasteiger partial charge in [0.15, 0.2) is 0 Å². The number of aromatic nitrogens is 1. The highest BCUT2D eigenvalue weighted by molar-refractivity contribution is 5.83. The summed E-state index contributed by atoms with van der Waals surface area (Å²) in [5, 5.41) is 0.799. The molecule has 0 fully saturated rings. The molecule has 20 heavy (non-hydrogen) atoms. The number of rotatable bonds is 2. The smallest absolute Gasteiger partial charge is 0.266 e. The van der Waals surface area contributed by atoms with E-state index in [0.29, 0.717) is 11.8 Å². The Hall–Kier alpha value is -2.42. The summed E-state index contributed by atoms with van der Waals surface area (Å²) in [6, 6.07) is 15.9. The fourth-order valence-electron chi connectivity index (χ4n) is 2.49. The molecule has 2 aromatic carbocycles. The molecule has 0 aliphatic carbocycles. The largest absolute Gasteiger partial charge is 0.281 e. The number of hydrogen-bond acceptors (Lipinski definition) is 1. The van der Waals surface area contributed by atoms with E-state index in [2.05, 4.69) is 0 Å². The Morgan fingerprint density at radius 2 is 1.80 bits per heavy atom. The maximum Gasteiger partial charge on any atom is 0.266 e. The molecule has 0 spiro atoms. The molecule has 100 valence electrons. The van der Waals surface area contributed by atoms with E-state index in [9.17, 15) is 9.18 Å². The number of aryl methyl sites for hydroxylation is 1. The van der Waals surface area contributed by atoms with Crippen LogP contribution in [0.3, 0.4) is 0 Å². The lowest BCUT2D eigenvalue weighted by Crippen LogP contribution is -2.22. The molecule has 1 heterocycles. The number of hydrogen-bond donors (Lipinski definition) is 0. The van der Waals surface area contributed by atoms with Gasteiger partial charge in [0.2, 0.25) is 0 Å². The molecule has 3 heteroatoms. The molecular formula is C17H14FNO. The zero-order valence-electron chi connectivity index (χ0n) is 11.1. The van der Waals surface area contributed by atoms with Crippen LogP contribution in [0.15, 0.2) is 59.4 Å². The predicted molar refractivity (Wildman–Crippen MR) is 78.9 cm³/mol. The van der Waals surface area contributed by atoms with Crippen LogP contribution in [0.2, 0.25) is 0 Å². The van der Waals surface area contributed by atoms with Crippen LogP contribution in [-0.4, -0.2) is 4.57 Å². The maximum absolute atomic E-state index is 14.0. The van der Waals surface area contributed by atoms with Crippen molar-refractivity contribution in [1.29, 1.82) is 0 Å². The van der Waals surface area contributed by atoms with Crippen molar-refractivity contribution in [3.8, 4) is 5.69 Å². The first kappa shape index (κ1) is 12.6. The Labute approximate surface area is 116 Å². The van der Waals surface area contributed by atoms with Crippen molar-refractivity contribution in [3.05, 3.63) is 76.5 Å². The summed E-state index contributed by atoms with van der Waals surface area (Å²) in [5.74, 6) is -0.472. The van der Waals surface area contributed by atoms with Crippen LogP contribution in [0.5, 0.6) is 0 Å². The van der Waals surface area contributed by atoms with Crippen LogP contribution in [0.1, 0.15) is 12.6 Å².